The van der Waals surface area contributed by atoms with Crippen molar-refractivity contribution in [3.05, 3.63) is 0 Å². The Hall–Kier alpha value is -1.10. The van der Waals surface area contributed by atoms with E-state index in [4.69, 9.17) is 9.47 Å². The first-order chi connectivity index (χ1) is 17.9. The zero-order valence-corrected chi connectivity index (χ0v) is 26.3. The third-order valence-corrected chi connectivity index (χ3v) is 14.0. The van der Waals surface area contributed by atoms with Crippen molar-refractivity contribution in [1.82, 2.24) is 0 Å². The number of aliphatic hydroxyl groups is 1. The SMILES string of the molecule is CC(=O)O[C@H]1CC[C@@]2(C)[C@@H](CC[C@@]3(C)C[C@@]4(O)CC[C@H]5C(C)(C)[C@@H](OC(C)=O)CC[C@]5(C)[C@H]4CC[C@@H]32)C1(C)C. The molecule has 5 saturated carbocycles. The molecule has 5 heteroatoms. The van der Waals surface area contributed by atoms with E-state index in [0.717, 1.165) is 64.2 Å². The number of esters is 2. The lowest BCUT2D eigenvalue weighted by molar-refractivity contribution is -0.219. The van der Waals surface area contributed by atoms with Gasteiger partial charge < -0.3 is 14.6 Å². The molecule has 0 aromatic carbocycles. The molecule has 0 heterocycles. The molecule has 0 unspecified atom stereocenters. The summed E-state index contributed by atoms with van der Waals surface area (Å²) in [6, 6.07) is 0. The van der Waals surface area contributed by atoms with Gasteiger partial charge in [-0.05, 0) is 111 Å². The molecule has 0 spiro atoms. The summed E-state index contributed by atoms with van der Waals surface area (Å²) in [4.78, 5) is 23.9. The summed E-state index contributed by atoms with van der Waals surface area (Å²) in [5.74, 6) is 1.44. The summed E-state index contributed by atoms with van der Waals surface area (Å²) in [7, 11) is 0. The lowest BCUT2D eigenvalue weighted by atomic mass is 9.41. The Balaban J connectivity index is 1.46. The molecule has 0 bridgehead atoms. The van der Waals surface area contributed by atoms with Crippen molar-refractivity contribution >= 4 is 11.9 Å². The van der Waals surface area contributed by atoms with Crippen LogP contribution in [0.1, 0.15) is 133 Å². The van der Waals surface area contributed by atoms with Gasteiger partial charge in [-0.3, -0.25) is 9.59 Å². The molecule has 5 nitrogen and oxygen atoms in total. The molecular weight excluding hydrogens is 488 g/mol. The quantitative estimate of drug-likeness (QED) is 0.365. The van der Waals surface area contributed by atoms with Crippen LogP contribution in [0.25, 0.3) is 0 Å². The van der Waals surface area contributed by atoms with Crippen molar-refractivity contribution in [2.75, 3.05) is 0 Å². The van der Waals surface area contributed by atoms with Crippen molar-refractivity contribution in [2.24, 2.45) is 50.7 Å². The lowest BCUT2D eigenvalue weighted by Crippen LogP contribution is -2.62. The molecule has 0 aromatic heterocycles. The van der Waals surface area contributed by atoms with Crippen LogP contribution < -0.4 is 0 Å². The highest BCUT2D eigenvalue weighted by atomic mass is 16.5. The fourth-order valence-corrected chi connectivity index (χ4v) is 12.5. The van der Waals surface area contributed by atoms with Gasteiger partial charge in [0.25, 0.3) is 0 Å². The topological polar surface area (TPSA) is 72.8 Å². The second kappa shape index (κ2) is 9.20. The van der Waals surface area contributed by atoms with Crippen molar-refractivity contribution < 1.29 is 24.2 Å². The zero-order valence-electron chi connectivity index (χ0n) is 26.3. The van der Waals surface area contributed by atoms with Gasteiger partial charge in [-0.2, -0.15) is 0 Å². The van der Waals surface area contributed by atoms with E-state index in [1.807, 2.05) is 0 Å². The van der Waals surface area contributed by atoms with Crippen LogP contribution >= 0.6 is 0 Å². The van der Waals surface area contributed by atoms with Gasteiger partial charge >= 0.3 is 11.9 Å². The molecule has 5 fully saturated rings. The van der Waals surface area contributed by atoms with Crippen LogP contribution in [0.4, 0.5) is 0 Å². The summed E-state index contributed by atoms with van der Waals surface area (Å²) >= 11 is 0. The number of carbonyl (C=O) groups excluding carboxylic acids is 2. The Morgan fingerprint density at radius 3 is 1.51 bits per heavy atom. The number of hydrogen-bond donors (Lipinski definition) is 1. The van der Waals surface area contributed by atoms with E-state index in [2.05, 4.69) is 48.5 Å². The number of carbonyl (C=O) groups is 2. The molecule has 0 aliphatic heterocycles. The molecule has 0 amide bonds. The molecule has 10 atom stereocenters. The van der Waals surface area contributed by atoms with Gasteiger partial charge in [0, 0.05) is 24.7 Å². The molecule has 39 heavy (non-hydrogen) atoms. The van der Waals surface area contributed by atoms with E-state index in [1.54, 1.807) is 6.92 Å². The Bertz CT molecular complexity index is 924. The Kier molecular flexibility index (Phi) is 6.93. The lowest BCUT2D eigenvalue weighted by Gasteiger charge is -2.65. The van der Waals surface area contributed by atoms with Gasteiger partial charge in [0.05, 0.1) is 5.60 Å². The molecule has 0 aromatic rings. The molecule has 5 rings (SSSR count). The van der Waals surface area contributed by atoms with Gasteiger partial charge in [0.2, 0.25) is 0 Å². The number of rotatable bonds is 2. The van der Waals surface area contributed by atoms with Gasteiger partial charge in [0.1, 0.15) is 12.2 Å². The van der Waals surface area contributed by atoms with Gasteiger partial charge in [-0.15, -0.1) is 0 Å². The predicted octanol–water partition coefficient (Wildman–Crippen LogP) is 7.48. The van der Waals surface area contributed by atoms with Gasteiger partial charge in [-0.1, -0.05) is 48.5 Å². The summed E-state index contributed by atoms with van der Waals surface area (Å²) in [5, 5.41) is 12.6. The van der Waals surface area contributed by atoms with Crippen molar-refractivity contribution in [3.8, 4) is 0 Å². The van der Waals surface area contributed by atoms with E-state index in [0.29, 0.717) is 17.8 Å². The second-order valence-corrected chi connectivity index (χ2v) is 16.7. The Morgan fingerprint density at radius 1 is 0.590 bits per heavy atom. The Labute approximate surface area is 237 Å². The normalized spacial score (nSPS) is 50.2. The monoisotopic (exact) mass is 544 g/mol. The van der Waals surface area contributed by atoms with Crippen LogP contribution in [-0.2, 0) is 19.1 Å². The van der Waals surface area contributed by atoms with E-state index in [-0.39, 0.29) is 57.1 Å². The molecular formula is C34H56O5. The molecule has 1 N–H and O–H groups in total. The number of hydrogen-bond acceptors (Lipinski definition) is 5. The summed E-state index contributed by atoms with van der Waals surface area (Å²) in [6.07, 6.45) is 11.2. The van der Waals surface area contributed by atoms with Gasteiger partial charge in [-0.25, -0.2) is 0 Å². The summed E-state index contributed by atoms with van der Waals surface area (Å²) in [6.45, 7) is 19.9. The smallest absolute Gasteiger partial charge is 0.302 e. The number of fused-ring (bicyclic) bond motifs is 6. The fraction of sp³-hybridized carbons (Fsp3) is 0.941. The molecule has 5 aliphatic rings. The maximum Gasteiger partial charge on any atom is 0.302 e. The molecule has 0 saturated heterocycles. The van der Waals surface area contributed by atoms with Crippen LogP contribution in [0.2, 0.25) is 0 Å². The molecule has 0 radical (unpaired) electrons. The standard InChI is InChI=1S/C34H56O5/c1-21(35)38-27-14-17-32(8)23(29(27,3)4)12-16-31(7)20-34(37)19-13-24-30(5,6)28(39-22(2)36)15-18-33(24,9)26(34)11-10-25(31)32/h23-28,37H,10-20H2,1-9H3/t23-,24-,25-,26+,27-,28-,31-,32-,33-,34-/m0/s1. The van der Waals surface area contributed by atoms with Crippen LogP contribution in [0.5, 0.6) is 0 Å². The third kappa shape index (κ3) is 4.33. The largest absolute Gasteiger partial charge is 0.462 e. The van der Waals surface area contributed by atoms with Crippen LogP contribution in [0.3, 0.4) is 0 Å². The minimum atomic E-state index is -0.632. The minimum Gasteiger partial charge on any atom is -0.462 e. The van der Waals surface area contributed by atoms with Crippen molar-refractivity contribution in [1.29, 1.82) is 0 Å². The first-order valence-corrected chi connectivity index (χ1v) is 16.0. The third-order valence-electron chi connectivity index (χ3n) is 14.0. The fourth-order valence-electron chi connectivity index (χ4n) is 12.5. The molecule has 5 aliphatic carbocycles. The Morgan fingerprint density at radius 2 is 1.03 bits per heavy atom. The van der Waals surface area contributed by atoms with E-state index < -0.39 is 5.60 Å². The van der Waals surface area contributed by atoms with Crippen LogP contribution in [0, 0.1) is 50.7 Å². The van der Waals surface area contributed by atoms with Crippen LogP contribution in [-0.4, -0.2) is 34.9 Å². The highest BCUT2D eigenvalue weighted by Crippen LogP contribution is 2.72. The van der Waals surface area contributed by atoms with Crippen molar-refractivity contribution in [3.63, 3.8) is 0 Å². The van der Waals surface area contributed by atoms with E-state index >= 15 is 0 Å². The second-order valence-electron chi connectivity index (χ2n) is 16.7. The zero-order chi connectivity index (χ0) is 28.8. The average Bonchev–Trinajstić information content (AvgIpc) is 2.91. The minimum absolute atomic E-state index is 0.00993. The summed E-state index contributed by atoms with van der Waals surface area (Å²) < 4.78 is 11.8. The summed E-state index contributed by atoms with van der Waals surface area (Å²) in [5.41, 5.74) is -0.433. The predicted molar refractivity (Wildman–Crippen MR) is 153 cm³/mol. The van der Waals surface area contributed by atoms with E-state index in [9.17, 15) is 14.7 Å². The number of ether oxygens (including phenoxy) is 2. The average molecular weight is 545 g/mol. The molecule has 222 valence electrons. The maximum atomic E-state index is 12.6. The van der Waals surface area contributed by atoms with Crippen molar-refractivity contribution in [2.45, 2.75) is 151 Å². The van der Waals surface area contributed by atoms with E-state index in [1.165, 1.54) is 13.3 Å². The van der Waals surface area contributed by atoms with Gasteiger partial charge in [0.15, 0.2) is 0 Å². The maximum absolute atomic E-state index is 12.6. The van der Waals surface area contributed by atoms with Crippen LogP contribution in [0.15, 0.2) is 0 Å². The first kappa shape index (κ1) is 29.4. The highest BCUT2D eigenvalue weighted by Gasteiger charge is 2.67. The first-order valence-electron chi connectivity index (χ1n) is 16.0. The highest BCUT2D eigenvalue weighted by molar-refractivity contribution is 5.66.